The van der Waals surface area contributed by atoms with Crippen molar-refractivity contribution in [2.75, 3.05) is 0 Å². The molecule has 8 atom stereocenters. The van der Waals surface area contributed by atoms with Gasteiger partial charge in [-0.3, -0.25) is 4.79 Å². The van der Waals surface area contributed by atoms with E-state index in [0.29, 0.717) is 5.78 Å². The van der Waals surface area contributed by atoms with Crippen LogP contribution >= 0.6 is 0 Å². The first kappa shape index (κ1) is 21.6. The van der Waals surface area contributed by atoms with E-state index in [1.807, 2.05) is 0 Å². The van der Waals surface area contributed by atoms with Crippen molar-refractivity contribution in [3.05, 3.63) is 60.2 Å². The molecule has 6 rings (SSSR count). The number of carbonyl (C=O) groups is 1. The highest BCUT2D eigenvalue weighted by Crippen LogP contribution is 2.64. The van der Waals surface area contributed by atoms with Gasteiger partial charge in [0.15, 0.2) is 5.78 Å². The third kappa shape index (κ3) is 3.53. The molecule has 4 aliphatic carbocycles. The molecule has 4 aliphatic rings. The molecule has 0 N–H and O–H groups in total. The predicted octanol–water partition coefficient (Wildman–Crippen LogP) is 8.44. The molecule has 4 saturated carbocycles. The van der Waals surface area contributed by atoms with Crippen LogP contribution in [-0.4, -0.2) is 5.78 Å². The van der Waals surface area contributed by atoms with Gasteiger partial charge in [-0.15, -0.1) is 0 Å². The zero-order valence-electron chi connectivity index (χ0n) is 20.5. The normalized spacial score (nSPS) is 39.9. The fraction of sp³-hybridized carbons (Fsp3) is 0.594. The Morgan fingerprint density at radius 2 is 1.55 bits per heavy atom. The largest absolute Gasteiger partial charge is 0.294 e. The van der Waals surface area contributed by atoms with Crippen molar-refractivity contribution in [1.29, 1.82) is 0 Å². The predicted molar refractivity (Wildman–Crippen MR) is 136 cm³/mol. The Balaban J connectivity index is 1.27. The van der Waals surface area contributed by atoms with Crippen LogP contribution in [0.15, 0.2) is 54.6 Å². The second-order valence-electron chi connectivity index (χ2n) is 12.3. The summed E-state index contributed by atoms with van der Waals surface area (Å²) in [5, 5.41) is 0. The van der Waals surface area contributed by atoms with Crippen LogP contribution in [0.3, 0.4) is 0 Å². The van der Waals surface area contributed by atoms with Gasteiger partial charge in [0, 0.05) is 11.5 Å². The second kappa shape index (κ2) is 8.40. The Morgan fingerprint density at radius 3 is 2.39 bits per heavy atom. The minimum absolute atomic E-state index is 0.191. The van der Waals surface area contributed by atoms with Gasteiger partial charge in [-0.25, -0.2) is 0 Å². The van der Waals surface area contributed by atoms with Crippen LogP contribution in [0.25, 0.3) is 11.1 Å². The lowest BCUT2D eigenvalue weighted by atomic mass is 9.49. The molecule has 4 fully saturated rings. The van der Waals surface area contributed by atoms with Crippen molar-refractivity contribution < 1.29 is 4.79 Å². The Hall–Kier alpha value is -1.89. The van der Waals surface area contributed by atoms with Crippen molar-refractivity contribution in [3.63, 3.8) is 0 Å². The van der Waals surface area contributed by atoms with E-state index in [2.05, 4.69) is 68.4 Å². The van der Waals surface area contributed by atoms with Crippen LogP contribution in [0.1, 0.15) is 82.0 Å². The molecule has 0 aliphatic heterocycles. The number of ketones is 1. The smallest absolute Gasteiger partial charge is 0.167 e. The van der Waals surface area contributed by atoms with Gasteiger partial charge >= 0.3 is 0 Å². The van der Waals surface area contributed by atoms with Crippen molar-refractivity contribution in [2.45, 2.75) is 71.6 Å². The third-order valence-corrected chi connectivity index (χ3v) is 10.8. The van der Waals surface area contributed by atoms with Gasteiger partial charge in [0.25, 0.3) is 0 Å². The van der Waals surface area contributed by atoms with Crippen LogP contribution in [0.2, 0.25) is 0 Å². The molecule has 0 radical (unpaired) electrons. The number of benzene rings is 2. The number of hydrogen-bond acceptors (Lipinski definition) is 1. The Labute approximate surface area is 200 Å². The summed E-state index contributed by atoms with van der Waals surface area (Å²) in [5.74, 6) is 6.11. The van der Waals surface area contributed by atoms with E-state index < -0.39 is 0 Å². The summed E-state index contributed by atoms with van der Waals surface area (Å²) in [5.41, 5.74) is 3.41. The van der Waals surface area contributed by atoms with Gasteiger partial charge in [-0.2, -0.15) is 0 Å². The van der Waals surface area contributed by atoms with E-state index >= 15 is 0 Å². The topological polar surface area (TPSA) is 17.1 Å². The zero-order chi connectivity index (χ0) is 22.6. The van der Waals surface area contributed by atoms with Crippen LogP contribution in [0, 0.1) is 46.8 Å². The highest BCUT2D eigenvalue weighted by atomic mass is 16.1. The first-order valence-corrected chi connectivity index (χ1v) is 13.7. The lowest BCUT2D eigenvalue weighted by Crippen LogP contribution is -2.49. The standard InChI is InChI=1S/C32H40O/c1-21-12-14-25-23(20-21)13-15-27-26(25)18-19-32(2)29(27)16-17-30(32)31(33)28-11-7-6-10-24(28)22-8-4-3-5-9-22/h3-11,21,23,25-27,29-30H,12-20H2,1-2H3. The van der Waals surface area contributed by atoms with Gasteiger partial charge < -0.3 is 0 Å². The van der Waals surface area contributed by atoms with E-state index in [4.69, 9.17) is 0 Å². The maximum Gasteiger partial charge on any atom is 0.167 e. The molecule has 0 amide bonds. The van der Waals surface area contributed by atoms with Crippen LogP contribution in [0.5, 0.6) is 0 Å². The lowest BCUT2D eigenvalue weighted by Gasteiger charge is -2.56. The van der Waals surface area contributed by atoms with E-state index in [-0.39, 0.29) is 11.3 Å². The summed E-state index contributed by atoms with van der Waals surface area (Å²) in [6.07, 6.45) is 12.3. The van der Waals surface area contributed by atoms with Gasteiger partial charge in [-0.1, -0.05) is 74.9 Å². The molecule has 33 heavy (non-hydrogen) atoms. The number of Topliss-reactive ketones (excluding diaryl/α,β-unsaturated/α-hetero) is 1. The van der Waals surface area contributed by atoms with Crippen LogP contribution in [0.4, 0.5) is 0 Å². The summed E-state index contributed by atoms with van der Waals surface area (Å²) in [7, 11) is 0. The lowest BCUT2D eigenvalue weighted by molar-refractivity contribution is -0.0634. The Kier molecular flexibility index (Phi) is 5.51. The summed E-state index contributed by atoms with van der Waals surface area (Å²) in [6, 6.07) is 18.8. The molecule has 8 unspecified atom stereocenters. The van der Waals surface area contributed by atoms with E-state index in [0.717, 1.165) is 58.6 Å². The first-order valence-electron chi connectivity index (χ1n) is 13.7. The molecule has 0 spiro atoms. The van der Waals surface area contributed by atoms with Gasteiger partial charge in [0.2, 0.25) is 0 Å². The van der Waals surface area contributed by atoms with E-state index in [1.165, 1.54) is 51.4 Å². The van der Waals surface area contributed by atoms with Crippen LogP contribution < -0.4 is 0 Å². The molecule has 174 valence electrons. The number of rotatable bonds is 3. The quantitative estimate of drug-likeness (QED) is 0.438. The molecular weight excluding hydrogens is 400 g/mol. The first-order chi connectivity index (χ1) is 16.1. The summed E-state index contributed by atoms with van der Waals surface area (Å²) in [4.78, 5) is 14.1. The molecule has 1 nitrogen and oxygen atoms in total. The molecule has 0 heterocycles. The van der Waals surface area contributed by atoms with Crippen LogP contribution in [-0.2, 0) is 0 Å². The maximum atomic E-state index is 14.1. The van der Waals surface area contributed by atoms with Crippen molar-refractivity contribution in [1.82, 2.24) is 0 Å². The number of hydrogen-bond donors (Lipinski definition) is 0. The summed E-state index contributed by atoms with van der Waals surface area (Å²) in [6.45, 7) is 4.98. The highest BCUT2D eigenvalue weighted by molar-refractivity contribution is 6.04. The summed E-state index contributed by atoms with van der Waals surface area (Å²) < 4.78 is 0. The van der Waals surface area contributed by atoms with Crippen molar-refractivity contribution in [2.24, 2.45) is 46.8 Å². The molecule has 2 aromatic carbocycles. The molecule has 0 aromatic heterocycles. The third-order valence-electron chi connectivity index (χ3n) is 10.8. The zero-order valence-corrected chi connectivity index (χ0v) is 20.5. The molecule has 0 bridgehead atoms. The Bertz CT molecular complexity index is 1010. The number of fused-ring (bicyclic) bond motifs is 5. The molecular formula is C32H40O. The highest BCUT2D eigenvalue weighted by Gasteiger charge is 2.58. The van der Waals surface area contributed by atoms with E-state index in [9.17, 15) is 4.79 Å². The van der Waals surface area contributed by atoms with Crippen molar-refractivity contribution >= 4 is 5.78 Å². The van der Waals surface area contributed by atoms with Gasteiger partial charge in [-0.05, 0) is 103 Å². The van der Waals surface area contributed by atoms with E-state index in [1.54, 1.807) is 0 Å². The fourth-order valence-electron chi connectivity index (χ4n) is 9.27. The second-order valence-corrected chi connectivity index (χ2v) is 12.3. The number of carbonyl (C=O) groups excluding carboxylic acids is 1. The van der Waals surface area contributed by atoms with Gasteiger partial charge in [0.05, 0.1) is 0 Å². The molecule has 0 saturated heterocycles. The Morgan fingerprint density at radius 1 is 0.788 bits per heavy atom. The minimum atomic E-state index is 0.191. The minimum Gasteiger partial charge on any atom is -0.294 e. The summed E-state index contributed by atoms with van der Waals surface area (Å²) >= 11 is 0. The fourth-order valence-corrected chi connectivity index (χ4v) is 9.27. The monoisotopic (exact) mass is 440 g/mol. The van der Waals surface area contributed by atoms with Crippen molar-refractivity contribution in [3.8, 4) is 11.1 Å². The molecule has 1 heteroatoms. The average Bonchev–Trinajstić information content (AvgIpc) is 3.21. The average molecular weight is 441 g/mol. The van der Waals surface area contributed by atoms with Gasteiger partial charge in [0.1, 0.15) is 0 Å². The maximum absolute atomic E-state index is 14.1. The SMILES string of the molecule is CC1CCC2C(CCC3C2CCC2(C)C(C(=O)c4ccccc4-c4ccccc4)CCC32)C1. The molecule has 2 aromatic rings.